The predicted octanol–water partition coefficient (Wildman–Crippen LogP) is 4.23. The normalized spacial score (nSPS) is 11.3. The molecule has 0 aliphatic heterocycles. The average molecular weight is 312 g/mol. The second kappa shape index (κ2) is 5.03. The molecule has 0 amide bonds. The number of oxazole rings is 1. The molecule has 0 aliphatic rings. The Balaban J connectivity index is 1.67. The minimum absolute atomic E-state index is 0.772. The Morgan fingerprint density at radius 2 is 1.83 bits per heavy atom. The minimum atomic E-state index is 0.772. The molecule has 0 atom stereocenters. The molecule has 0 saturated carbocycles. The summed E-state index contributed by atoms with van der Waals surface area (Å²) >= 11 is 0. The van der Waals surface area contributed by atoms with Gasteiger partial charge in [-0.05, 0) is 42.5 Å². The van der Waals surface area contributed by atoms with Crippen LogP contribution in [0.5, 0.6) is 0 Å². The Labute approximate surface area is 137 Å². The summed E-state index contributed by atoms with van der Waals surface area (Å²) < 4.78 is 7.37. The van der Waals surface area contributed by atoms with Gasteiger partial charge in [0.2, 0.25) is 0 Å². The van der Waals surface area contributed by atoms with Crippen LogP contribution in [-0.4, -0.2) is 19.5 Å². The number of hydrogen-bond acceptors (Lipinski definition) is 4. The molecule has 114 valence electrons. The molecule has 24 heavy (non-hydrogen) atoms. The van der Waals surface area contributed by atoms with Crippen molar-refractivity contribution in [3.8, 4) is 17.1 Å². The highest BCUT2D eigenvalue weighted by molar-refractivity contribution is 5.82. The van der Waals surface area contributed by atoms with Crippen molar-refractivity contribution in [2.45, 2.75) is 0 Å². The molecule has 3 aromatic heterocycles. The molecule has 0 spiro atoms. The van der Waals surface area contributed by atoms with Gasteiger partial charge in [0.25, 0.3) is 0 Å². The van der Waals surface area contributed by atoms with E-state index in [-0.39, 0.29) is 0 Å². The first-order valence-corrected chi connectivity index (χ1v) is 7.61. The van der Waals surface area contributed by atoms with Gasteiger partial charge < -0.3 is 4.42 Å². The first kappa shape index (κ1) is 13.0. The van der Waals surface area contributed by atoms with E-state index in [2.05, 4.69) is 37.7 Å². The third-order valence-electron chi connectivity index (χ3n) is 4.09. The lowest BCUT2D eigenvalue weighted by molar-refractivity contribution is 0.602. The molecule has 0 N–H and O–H groups in total. The second-order valence-electron chi connectivity index (χ2n) is 5.54. The minimum Gasteiger partial charge on any atom is -0.443 e. The topological polar surface area (TPSA) is 56.7 Å². The first-order chi connectivity index (χ1) is 11.9. The van der Waals surface area contributed by atoms with E-state index in [0.29, 0.717) is 0 Å². The first-order valence-electron chi connectivity index (χ1n) is 7.61. The highest BCUT2D eigenvalue weighted by atomic mass is 16.3. The Bertz CT molecular complexity index is 1170. The SMILES string of the molecule is c1cnc2ccc(-n3ccnc3-c3ccc4ocnc4c3)cc2c1. The fourth-order valence-corrected chi connectivity index (χ4v) is 2.94. The summed E-state index contributed by atoms with van der Waals surface area (Å²) in [6, 6.07) is 16.1. The Morgan fingerprint density at radius 3 is 2.83 bits per heavy atom. The van der Waals surface area contributed by atoms with E-state index in [1.807, 2.05) is 36.5 Å². The van der Waals surface area contributed by atoms with Crippen LogP contribution < -0.4 is 0 Å². The molecule has 5 nitrogen and oxygen atoms in total. The van der Waals surface area contributed by atoms with E-state index in [4.69, 9.17) is 4.42 Å². The molecule has 0 aliphatic carbocycles. The van der Waals surface area contributed by atoms with Gasteiger partial charge in [-0.1, -0.05) is 6.07 Å². The third kappa shape index (κ3) is 1.99. The van der Waals surface area contributed by atoms with Crippen molar-refractivity contribution in [2.75, 3.05) is 0 Å². The lowest BCUT2D eigenvalue weighted by Gasteiger charge is -2.09. The third-order valence-corrected chi connectivity index (χ3v) is 4.09. The van der Waals surface area contributed by atoms with Crippen LogP contribution in [0.4, 0.5) is 0 Å². The van der Waals surface area contributed by atoms with E-state index < -0.39 is 0 Å². The van der Waals surface area contributed by atoms with Crippen molar-refractivity contribution in [1.82, 2.24) is 19.5 Å². The molecule has 0 unspecified atom stereocenters. The number of benzene rings is 2. The van der Waals surface area contributed by atoms with E-state index in [0.717, 1.165) is 39.1 Å². The molecule has 5 rings (SSSR count). The van der Waals surface area contributed by atoms with Crippen LogP contribution in [0.25, 0.3) is 39.1 Å². The van der Waals surface area contributed by atoms with Gasteiger partial charge >= 0.3 is 0 Å². The number of aromatic nitrogens is 4. The van der Waals surface area contributed by atoms with Crippen LogP contribution in [0, 0.1) is 0 Å². The number of fused-ring (bicyclic) bond motifs is 2. The molecule has 0 bridgehead atoms. The summed E-state index contributed by atoms with van der Waals surface area (Å²) in [6.07, 6.45) is 7.02. The summed E-state index contributed by atoms with van der Waals surface area (Å²) in [5.41, 5.74) is 4.61. The van der Waals surface area contributed by atoms with Crippen LogP contribution in [-0.2, 0) is 0 Å². The van der Waals surface area contributed by atoms with Gasteiger partial charge in [0.1, 0.15) is 11.3 Å². The highest BCUT2D eigenvalue weighted by Crippen LogP contribution is 2.26. The van der Waals surface area contributed by atoms with Crippen molar-refractivity contribution in [3.63, 3.8) is 0 Å². The van der Waals surface area contributed by atoms with Gasteiger partial charge in [-0.3, -0.25) is 9.55 Å². The van der Waals surface area contributed by atoms with Gasteiger partial charge in [0, 0.05) is 35.2 Å². The Kier molecular flexibility index (Phi) is 2.72. The fourth-order valence-electron chi connectivity index (χ4n) is 2.94. The molecule has 3 heterocycles. The summed E-state index contributed by atoms with van der Waals surface area (Å²) in [4.78, 5) is 13.1. The Morgan fingerprint density at radius 1 is 0.833 bits per heavy atom. The zero-order valence-electron chi connectivity index (χ0n) is 12.6. The lowest BCUT2D eigenvalue weighted by atomic mass is 10.1. The van der Waals surface area contributed by atoms with Crippen LogP contribution in [0.2, 0.25) is 0 Å². The van der Waals surface area contributed by atoms with E-state index in [9.17, 15) is 0 Å². The standard InChI is InChI=1S/C19H12N4O/c1-2-13-10-15(4-5-16(13)20-7-1)23-9-8-21-19(23)14-3-6-18-17(11-14)22-12-24-18/h1-12H. The number of pyridine rings is 1. The van der Waals surface area contributed by atoms with Crippen molar-refractivity contribution in [3.05, 3.63) is 73.5 Å². The molecular formula is C19H12N4O. The van der Waals surface area contributed by atoms with Crippen molar-refractivity contribution in [2.24, 2.45) is 0 Å². The monoisotopic (exact) mass is 312 g/mol. The van der Waals surface area contributed by atoms with Crippen LogP contribution in [0.15, 0.2) is 77.9 Å². The molecule has 0 saturated heterocycles. The highest BCUT2D eigenvalue weighted by Gasteiger charge is 2.10. The average Bonchev–Trinajstić information content (AvgIpc) is 3.29. The van der Waals surface area contributed by atoms with Crippen molar-refractivity contribution in [1.29, 1.82) is 0 Å². The van der Waals surface area contributed by atoms with Gasteiger partial charge in [0.15, 0.2) is 12.0 Å². The second-order valence-corrected chi connectivity index (χ2v) is 5.54. The smallest absolute Gasteiger partial charge is 0.181 e. The van der Waals surface area contributed by atoms with Crippen molar-refractivity contribution >= 4 is 22.0 Å². The van der Waals surface area contributed by atoms with Crippen LogP contribution >= 0.6 is 0 Å². The molecular weight excluding hydrogens is 300 g/mol. The van der Waals surface area contributed by atoms with Gasteiger partial charge in [-0.25, -0.2) is 9.97 Å². The number of rotatable bonds is 2. The quantitative estimate of drug-likeness (QED) is 0.489. The van der Waals surface area contributed by atoms with Crippen LogP contribution in [0.3, 0.4) is 0 Å². The maximum absolute atomic E-state index is 5.31. The van der Waals surface area contributed by atoms with Gasteiger partial charge in [0.05, 0.1) is 5.52 Å². The van der Waals surface area contributed by atoms with Gasteiger partial charge in [-0.2, -0.15) is 0 Å². The van der Waals surface area contributed by atoms with Crippen molar-refractivity contribution < 1.29 is 4.42 Å². The number of nitrogens with zero attached hydrogens (tertiary/aromatic N) is 4. The van der Waals surface area contributed by atoms with E-state index in [1.165, 1.54) is 6.39 Å². The summed E-state index contributed by atoms with van der Waals surface area (Å²) in [5.74, 6) is 0.864. The lowest BCUT2D eigenvalue weighted by Crippen LogP contribution is -1.96. The number of hydrogen-bond donors (Lipinski definition) is 0. The molecule has 5 aromatic rings. The van der Waals surface area contributed by atoms with Crippen LogP contribution in [0.1, 0.15) is 0 Å². The number of imidazole rings is 1. The molecule has 0 fully saturated rings. The molecule has 0 radical (unpaired) electrons. The maximum Gasteiger partial charge on any atom is 0.181 e. The molecule has 2 aromatic carbocycles. The molecule has 5 heteroatoms. The zero-order chi connectivity index (χ0) is 15.9. The zero-order valence-corrected chi connectivity index (χ0v) is 12.6. The summed E-state index contributed by atoms with van der Waals surface area (Å²) in [5, 5.41) is 1.10. The maximum atomic E-state index is 5.31. The summed E-state index contributed by atoms with van der Waals surface area (Å²) in [7, 11) is 0. The van der Waals surface area contributed by atoms with E-state index in [1.54, 1.807) is 12.4 Å². The Hall–Kier alpha value is -3.47. The predicted molar refractivity (Wildman–Crippen MR) is 91.9 cm³/mol. The summed E-state index contributed by atoms with van der Waals surface area (Å²) in [6.45, 7) is 0. The van der Waals surface area contributed by atoms with E-state index >= 15 is 0 Å². The fraction of sp³-hybridized carbons (Fsp3) is 0. The van der Waals surface area contributed by atoms with Gasteiger partial charge in [-0.15, -0.1) is 0 Å². The largest absolute Gasteiger partial charge is 0.443 e.